The van der Waals surface area contributed by atoms with E-state index < -0.39 is 48.6 Å². The zero-order valence-electron chi connectivity index (χ0n) is 32.4. The first kappa shape index (κ1) is 54.3. The monoisotopic (exact) mass is 925 g/mol. The summed E-state index contributed by atoms with van der Waals surface area (Å²) in [5.41, 5.74) is 3.83. The van der Waals surface area contributed by atoms with E-state index in [0.29, 0.717) is 17.0 Å². The fourth-order valence-electron chi connectivity index (χ4n) is 4.29. The van der Waals surface area contributed by atoms with Crippen molar-refractivity contribution in [2.24, 2.45) is 0 Å². The molecule has 0 saturated carbocycles. The van der Waals surface area contributed by atoms with Crippen LogP contribution in [-0.4, -0.2) is 126 Å². The molecule has 1 aliphatic heterocycles. The highest BCUT2D eigenvalue weighted by Crippen LogP contribution is 2.23. The van der Waals surface area contributed by atoms with E-state index in [4.69, 9.17) is 44.7 Å². The number of piperazine rings is 1. The van der Waals surface area contributed by atoms with Gasteiger partial charge in [-0.25, -0.2) is 28.7 Å². The maximum absolute atomic E-state index is 12.7. The molecule has 1 aliphatic rings. The normalized spacial score (nSPS) is 13.3. The van der Waals surface area contributed by atoms with Crippen LogP contribution in [0, 0.1) is 0 Å². The Balaban J connectivity index is 0.000000574. The van der Waals surface area contributed by atoms with Crippen molar-refractivity contribution in [3.05, 3.63) is 83.8 Å². The molecule has 4 heterocycles. The highest BCUT2D eigenvalue weighted by atomic mass is 19.4. The van der Waals surface area contributed by atoms with Crippen LogP contribution in [0.1, 0.15) is 42.3 Å². The average Bonchev–Trinajstić information content (AvgIpc) is 3.56. The molecule has 0 radical (unpaired) electrons. The summed E-state index contributed by atoms with van der Waals surface area (Å²) in [6.07, 6.45) is -14.9. The number of amides is 1. The van der Waals surface area contributed by atoms with E-state index >= 15 is 0 Å². The molecule has 348 valence electrons. The molecule has 1 amide bonds. The Hall–Kier alpha value is -6.74. The molecule has 1 fully saturated rings. The molecular weight excluding hydrogens is 890 g/mol. The minimum atomic E-state index is -5.08. The first-order valence-corrected chi connectivity index (χ1v) is 17.0. The van der Waals surface area contributed by atoms with Crippen molar-refractivity contribution in [1.82, 2.24) is 24.5 Å². The van der Waals surface area contributed by atoms with E-state index in [1.54, 1.807) is 10.7 Å². The second-order valence-corrected chi connectivity index (χ2v) is 13.2. The number of alkyl halides is 12. The molecule has 0 unspecified atom stereocenters. The zero-order valence-corrected chi connectivity index (χ0v) is 32.4. The number of hydrogen-bond acceptors (Lipinski definition) is 10. The fourth-order valence-corrected chi connectivity index (χ4v) is 4.29. The smallest absolute Gasteiger partial charge is 0.475 e. The topological polar surface area (TPSA) is 228 Å². The maximum Gasteiger partial charge on any atom is 0.490 e. The minimum absolute atomic E-state index is 0.0478. The van der Waals surface area contributed by atoms with Gasteiger partial charge in [-0.2, -0.15) is 52.7 Å². The Morgan fingerprint density at radius 1 is 0.619 bits per heavy atom. The van der Waals surface area contributed by atoms with E-state index in [1.165, 1.54) is 11.1 Å². The van der Waals surface area contributed by atoms with Crippen molar-refractivity contribution in [3.8, 4) is 0 Å². The van der Waals surface area contributed by atoms with Gasteiger partial charge < -0.3 is 30.6 Å². The summed E-state index contributed by atoms with van der Waals surface area (Å²) in [5.74, 6) is -9.81. The molecule has 0 spiro atoms. The van der Waals surface area contributed by atoms with Crippen LogP contribution >= 0.6 is 0 Å². The SMILES string of the molecule is CC(C)(C)c1ccc(C(=O)Nc2cn3nc(N4CCN(Cc5ccncc5)CC4)ccc3n2)cc1.O=C(O)C(F)(F)F.O=C(O)C(F)(F)F.O=C(O)C(F)(F)F.O=C(O)C(F)(F)F. The predicted molar refractivity (Wildman–Crippen MR) is 193 cm³/mol. The molecule has 1 aromatic carbocycles. The molecule has 5 N–H and O–H groups in total. The first-order chi connectivity index (χ1) is 28.6. The quantitative estimate of drug-likeness (QED) is 0.134. The standard InChI is InChI=1S/C27H31N7O.4C2HF3O2/c1-27(2,3)22-6-4-21(5-7-22)26(35)30-23-19-34-24(29-23)8-9-25(31-34)33-16-14-32(15-17-33)18-20-10-12-28-13-11-20;4*3-2(4,5)1(6)7/h4-13,19H,14-18H2,1-3H3,(H,30,35);4*(H,6,7). The van der Waals surface area contributed by atoms with Crippen molar-refractivity contribution in [2.75, 3.05) is 36.4 Å². The van der Waals surface area contributed by atoms with Gasteiger partial charge in [0.25, 0.3) is 5.91 Å². The van der Waals surface area contributed by atoms with Gasteiger partial charge >= 0.3 is 48.6 Å². The van der Waals surface area contributed by atoms with Crippen LogP contribution in [-0.2, 0) is 31.1 Å². The third-order valence-corrected chi connectivity index (χ3v) is 7.38. The van der Waals surface area contributed by atoms with Crippen molar-refractivity contribution >= 4 is 47.1 Å². The molecular formula is C35H35F12N7O9. The van der Waals surface area contributed by atoms with Crippen LogP contribution in [0.5, 0.6) is 0 Å². The average molecular weight is 926 g/mol. The number of aromatic nitrogens is 4. The predicted octanol–water partition coefficient (Wildman–Crippen LogP) is 6.53. The van der Waals surface area contributed by atoms with E-state index in [0.717, 1.165) is 38.5 Å². The van der Waals surface area contributed by atoms with Crippen molar-refractivity contribution in [1.29, 1.82) is 0 Å². The van der Waals surface area contributed by atoms with Gasteiger partial charge in [-0.05, 0) is 52.9 Å². The Kier molecular flexibility index (Phi) is 19.3. The van der Waals surface area contributed by atoms with Crippen LogP contribution < -0.4 is 10.2 Å². The van der Waals surface area contributed by atoms with Crippen LogP contribution in [0.2, 0.25) is 0 Å². The molecule has 4 aromatic rings. The number of aliphatic carboxylic acids is 4. The number of anilines is 2. The van der Waals surface area contributed by atoms with Gasteiger partial charge in [0.05, 0.1) is 6.20 Å². The van der Waals surface area contributed by atoms with E-state index in [9.17, 15) is 57.5 Å². The minimum Gasteiger partial charge on any atom is -0.475 e. The molecule has 16 nitrogen and oxygen atoms in total. The Labute approximate surface area is 346 Å². The van der Waals surface area contributed by atoms with Gasteiger partial charge in [-0.15, -0.1) is 5.10 Å². The van der Waals surface area contributed by atoms with Crippen molar-refractivity contribution in [2.45, 2.75) is 57.4 Å². The number of halogens is 12. The summed E-state index contributed by atoms with van der Waals surface area (Å²) in [6, 6.07) is 15.8. The van der Waals surface area contributed by atoms with Gasteiger partial charge in [0.15, 0.2) is 11.5 Å². The van der Waals surface area contributed by atoms with E-state index in [2.05, 4.69) is 58.0 Å². The number of carboxylic acids is 4. The molecule has 1 saturated heterocycles. The molecule has 0 bridgehead atoms. The number of pyridine rings is 1. The largest absolute Gasteiger partial charge is 0.490 e. The third-order valence-electron chi connectivity index (χ3n) is 7.38. The summed E-state index contributed by atoms with van der Waals surface area (Å²) in [7, 11) is 0. The summed E-state index contributed by atoms with van der Waals surface area (Å²) in [4.78, 5) is 61.7. The lowest BCUT2D eigenvalue weighted by atomic mass is 9.87. The summed E-state index contributed by atoms with van der Waals surface area (Å²) < 4.78 is 129. The number of fused-ring (bicyclic) bond motifs is 1. The second kappa shape index (κ2) is 22.4. The number of nitrogens with one attached hydrogen (secondary N) is 1. The zero-order chi connectivity index (χ0) is 48.7. The molecule has 28 heteroatoms. The fraction of sp³-hybridized carbons (Fsp3) is 0.371. The van der Waals surface area contributed by atoms with Gasteiger partial charge in [-0.3, -0.25) is 14.7 Å². The Bertz CT molecular complexity index is 2030. The number of carbonyl (C=O) groups is 5. The lowest BCUT2D eigenvalue weighted by molar-refractivity contribution is -0.193. The number of imidazole rings is 1. The maximum atomic E-state index is 12.7. The summed E-state index contributed by atoms with van der Waals surface area (Å²) in [6.45, 7) is 11.2. The van der Waals surface area contributed by atoms with Crippen LogP contribution in [0.25, 0.3) is 5.65 Å². The van der Waals surface area contributed by atoms with Crippen LogP contribution in [0.3, 0.4) is 0 Å². The highest BCUT2D eigenvalue weighted by Gasteiger charge is 2.40. The van der Waals surface area contributed by atoms with Crippen LogP contribution in [0.4, 0.5) is 64.3 Å². The number of hydrogen-bond donors (Lipinski definition) is 5. The number of carbonyl (C=O) groups excluding carboxylic acids is 1. The molecule has 63 heavy (non-hydrogen) atoms. The molecule has 0 atom stereocenters. The number of nitrogens with zero attached hydrogens (tertiary/aromatic N) is 6. The summed E-state index contributed by atoms with van der Waals surface area (Å²) >= 11 is 0. The van der Waals surface area contributed by atoms with E-state index in [1.807, 2.05) is 48.8 Å². The van der Waals surface area contributed by atoms with Crippen LogP contribution in [0.15, 0.2) is 67.1 Å². The number of benzene rings is 1. The highest BCUT2D eigenvalue weighted by molar-refractivity contribution is 6.03. The lowest BCUT2D eigenvalue weighted by Gasteiger charge is -2.35. The van der Waals surface area contributed by atoms with Gasteiger partial charge in [0.2, 0.25) is 0 Å². The Morgan fingerprint density at radius 2 is 1.03 bits per heavy atom. The molecule has 5 rings (SSSR count). The van der Waals surface area contributed by atoms with Gasteiger partial charge in [0.1, 0.15) is 5.82 Å². The van der Waals surface area contributed by atoms with Gasteiger partial charge in [0, 0.05) is 50.7 Å². The summed E-state index contributed by atoms with van der Waals surface area (Å²) in [5, 5.41) is 36.1. The third kappa shape index (κ3) is 20.1. The second-order valence-electron chi connectivity index (χ2n) is 13.2. The van der Waals surface area contributed by atoms with Gasteiger partial charge in [-0.1, -0.05) is 32.9 Å². The lowest BCUT2D eigenvalue weighted by Crippen LogP contribution is -2.46. The number of carboxylic acid groups (broad SMARTS) is 4. The Morgan fingerprint density at radius 3 is 1.41 bits per heavy atom. The van der Waals surface area contributed by atoms with Crippen molar-refractivity contribution in [3.63, 3.8) is 0 Å². The molecule has 0 aliphatic carbocycles. The first-order valence-electron chi connectivity index (χ1n) is 17.0. The molecule has 3 aromatic heterocycles. The van der Waals surface area contributed by atoms with Crippen molar-refractivity contribution < 1.29 is 97.1 Å². The van der Waals surface area contributed by atoms with E-state index in [-0.39, 0.29) is 11.3 Å². The number of rotatable bonds is 5.